The molecule has 0 unspecified atom stereocenters. The van der Waals surface area contributed by atoms with Crippen molar-refractivity contribution in [2.45, 2.75) is 0 Å². The number of aromatic nitrogens is 5. The molecule has 456 valence electrons. The van der Waals surface area contributed by atoms with Crippen LogP contribution in [0, 0.1) is 32.0 Å². The van der Waals surface area contributed by atoms with Gasteiger partial charge in [0.2, 0.25) is 0 Å². The molecular weight excluding hydrogens is 1690 g/mol. The first-order chi connectivity index (χ1) is 44.5. The Bertz CT molecular complexity index is 4560. The van der Waals surface area contributed by atoms with Gasteiger partial charge in [0, 0.05) is 81.2 Å². The molecule has 0 aliphatic carbocycles. The molecule has 0 saturated carbocycles. The third kappa shape index (κ3) is 21.3. The van der Waals surface area contributed by atoms with Crippen LogP contribution in [0.3, 0.4) is 0 Å². The van der Waals surface area contributed by atoms with E-state index in [0.29, 0.717) is 27.9 Å². The van der Waals surface area contributed by atoms with Gasteiger partial charge in [0.15, 0.2) is 5.78 Å². The molecule has 93 heavy (non-hydrogen) atoms. The van der Waals surface area contributed by atoms with Crippen LogP contribution in [0.1, 0.15) is 53.3 Å². The third-order valence-corrected chi connectivity index (χ3v) is 15.9. The van der Waals surface area contributed by atoms with E-state index >= 15 is 0 Å². The number of pyridine rings is 5. The summed E-state index contributed by atoms with van der Waals surface area (Å²) in [6.45, 7) is 0. The standard InChI is InChI=1S/C36H22Br2N2.C14H8IN2.C13H10BrNO.C8H6O2.C7H5N.2HI/c37-27-15-17-33-31(19-27)29(23-7-3-1-4-8-23)21-35(39-33)25-11-13-26(14-12-25)36-22-30(24-9-5-2-6-10-24)32-20-28(38)16-18-34(32)40-36;1(13-3-9-16-10-4-13)7-15-8-2-14-5-11-17-12-6-14;14-10-6-7-12(15)11(8-10)13(16)9-4-2-1-3-5-9;9-5-7-1-2-8(6-10)4-3-7;1-2-7-3-5-8-6-4-7;;/h1-22H;3-6,9-12H;1-8H,15H2;1-6H;1,3-6H;2*1H/q;-1;;;;;. The number of aldehydes is 2. The minimum absolute atomic E-state index is 0. The molecule has 5 heterocycles. The molecule has 2 N–H and O–H groups in total. The molecule has 0 saturated heterocycles. The fraction of sp³-hybridized carbons (Fsp3) is 0. The summed E-state index contributed by atoms with van der Waals surface area (Å²) in [4.78, 5) is 54.1. The summed E-state index contributed by atoms with van der Waals surface area (Å²) in [5, 5.41) is 2.25. The number of nitrogens with two attached hydrogens (primary N) is 1. The zero-order chi connectivity index (χ0) is 63.6. The summed E-state index contributed by atoms with van der Waals surface area (Å²) < 4.78 is 9.16. The van der Waals surface area contributed by atoms with Gasteiger partial charge in [0.25, 0.3) is 0 Å². The molecule has 13 rings (SSSR count). The van der Waals surface area contributed by atoms with Crippen molar-refractivity contribution in [2.24, 2.45) is 0 Å². The predicted octanol–water partition coefficient (Wildman–Crippen LogP) is 16.7. The fourth-order valence-corrected chi connectivity index (χ4v) is 10.9. The number of fused-ring (bicyclic) bond motifs is 2. The number of halogens is 6. The summed E-state index contributed by atoms with van der Waals surface area (Å²) in [5.74, 6) is 8.58. The Hall–Kier alpha value is -8.85. The second kappa shape index (κ2) is 37.6. The smallest absolute Gasteiger partial charge is 0.195 e. The zero-order valence-electron chi connectivity index (χ0n) is 49.2. The molecule has 0 bridgehead atoms. The van der Waals surface area contributed by atoms with Gasteiger partial charge in [-0.25, -0.2) is 9.97 Å². The Morgan fingerprint density at radius 1 is 0.430 bits per heavy atom. The Morgan fingerprint density at radius 2 is 0.806 bits per heavy atom. The number of hydrogen-bond acceptors (Lipinski definition) is 9. The van der Waals surface area contributed by atoms with E-state index in [1.807, 2.05) is 72.8 Å². The van der Waals surface area contributed by atoms with Crippen LogP contribution < -0.4 is 26.9 Å². The largest absolute Gasteiger partial charge is 0.398 e. The molecule has 13 aromatic rings. The van der Waals surface area contributed by atoms with Gasteiger partial charge in [-0.3, -0.25) is 19.4 Å². The first kappa shape index (κ1) is 71.6. The molecule has 15 heteroatoms. The molecule has 0 spiro atoms. The minimum Gasteiger partial charge on any atom is -0.398 e. The molecule has 0 radical (unpaired) electrons. The van der Waals surface area contributed by atoms with Gasteiger partial charge in [-0.05, 0) is 101 Å². The number of nitrogen functional groups attached to an aromatic ring is 1. The van der Waals surface area contributed by atoms with E-state index in [1.54, 1.807) is 97.8 Å². The van der Waals surface area contributed by atoms with Crippen molar-refractivity contribution in [1.82, 2.24) is 24.9 Å². The average Bonchev–Trinajstić information content (AvgIpc) is 0.833. The van der Waals surface area contributed by atoms with E-state index < -0.39 is 0 Å². The molecule has 9 nitrogen and oxygen atoms in total. The number of benzene rings is 8. The first-order valence-corrected chi connectivity index (χ1v) is 32.5. The number of ketones is 1. The second-order valence-electron chi connectivity index (χ2n) is 19.5. The van der Waals surface area contributed by atoms with Gasteiger partial charge >= 0.3 is 111 Å². The molecule has 0 aliphatic rings. The normalized spacial score (nSPS) is 9.78. The number of carbonyl (C=O) groups excluding carboxylic acids is 3. The maximum absolute atomic E-state index is 12.1. The van der Waals surface area contributed by atoms with Crippen LogP contribution in [0.5, 0.6) is 0 Å². The summed E-state index contributed by atoms with van der Waals surface area (Å²) >= 11 is 10.2. The van der Waals surface area contributed by atoms with Crippen LogP contribution in [0.4, 0.5) is 5.69 Å². The van der Waals surface area contributed by atoms with Crippen LogP contribution in [0.2, 0.25) is 0 Å². The summed E-state index contributed by atoms with van der Waals surface area (Å²) in [6, 6.07) is 78.5. The number of nitrogens with zero attached hydrogens (tertiary/aromatic N) is 5. The van der Waals surface area contributed by atoms with Gasteiger partial charge < -0.3 is 5.73 Å². The Morgan fingerprint density at radius 3 is 1.19 bits per heavy atom. The van der Waals surface area contributed by atoms with E-state index in [1.165, 1.54) is 22.3 Å². The quantitative estimate of drug-likeness (QED) is 0.0517. The zero-order valence-corrected chi connectivity index (χ0v) is 60.7. The van der Waals surface area contributed by atoms with E-state index in [-0.39, 0.29) is 74.9 Å². The van der Waals surface area contributed by atoms with Gasteiger partial charge in [0.1, 0.15) is 12.6 Å². The van der Waals surface area contributed by atoms with Crippen LogP contribution >= 0.6 is 95.7 Å². The number of hydrogen-bond donors (Lipinski definition) is 1. The van der Waals surface area contributed by atoms with Crippen molar-refractivity contribution in [3.8, 4) is 76.8 Å². The van der Waals surface area contributed by atoms with Crippen molar-refractivity contribution >= 4 is 142 Å². The van der Waals surface area contributed by atoms with Crippen LogP contribution in [0.25, 0.3) is 66.6 Å². The van der Waals surface area contributed by atoms with Crippen molar-refractivity contribution in [3.63, 3.8) is 0 Å². The number of terminal acetylenes is 1. The van der Waals surface area contributed by atoms with Crippen LogP contribution in [0.15, 0.2) is 293 Å². The summed E-state index contributed by atoms with van der Waals surface area (Å²) in [6.07, 6.45) is 16.9. The van der Waals surface area contributed by atoms with Crippen molar-refractivity contribution in [2.75, 3.05) is 5.73 Å². The van der Waals surface area contributed by atoms with E-state index in [0.717, 1.165) is 87.0 Å². The molecular formula is C78H53Br3I3N6O3-. The van der Waals surface area contributed by atoms with Crippen molar-refractivity contribution in [1.29, 1.82) is 0 Å². The Kier molecular flexibility index (Phi) is 29.0. The van der Waals surface area contributed by atoms with E-state index in [4.69, 9.17) is 22.1 Å². The maximum atomic E-state index is 12.1. The molecule has 0 atom stereocenters. The SMILES string of the molecule is Brc1ccc2nc(-c3ccc(-c4cc(-c5ccccc5)c5cc(Br)ccc5n4)cc3)cc(-c3ccccc3)c2c1.C#Cc1ccncc1.C(#Cc1ccncc1)[I-]C#Cc1ccncc1.I.I.Nc1ccc(Br)cc1C(=O)c1ccccc1.O=Cc1ccc(C=O)cc1. The summed E-state index contributed by atoms with van der Waals surface area (Å²) in [7, 11) is 0. The van der Waals surface area contributed by atoms with Gasteiger partial charge in [0.05, 0.1) is 22.4 Å². The first-order valence-electron chi connectivity index (χ1n) is 27.9. The topological polar surface area (TPSA) is 142 Å². The van der Waals surface area contributed by atoms with Crippen LogP contribution in [-0.4, -0.2) is 43.3 Å². The maximum Gasteiger partial charge on any atom is 0.195 e. The average molecular weight is 1740 g/mol. The molecule has 0 fully saturated rings. The second-order valence-corrected chi connectivity index (χ2v) is 23.8. The Labute approximate surface area is 610 Å². The van der Waals surface area contributed by atoms with Gasteiger partial charge in [-0.1, -0.05) is 193 Å². The molecule has 8 aromatic carbocycles. The fourth-order valence-electron chi connectivity index (χ4n) is 8.84. The van der Waals surface area contributed by atoms with Gasteiger partial charge in [-0.15, -0.1) is 54.4 Å². The number of carbonyl (C=O) groups is 3. The monoisotopic (exact) mass is 1740 g/mol. The van der Waals surface area contributed by atoms with Crippen molar-refractivity contribution in [3.05, 3.63) is 332 Å². The van der Waals surface area contributed by atoms with E-state index in [9.17, 15) is 14.4 Å². The van der Waals surface area contributed by atoms with Crippen LogP contribution in [-0.2, 0) is 0 Å². The minimum atomic E-state index is -0.390. The molecule has 5 aromatic heterocycles. The number of anilines is 1. The van der Waals surface area contributed by atoms with Gasteiger partial charge in [-0.2, -0.15) is 0 Å². The molecule has 0 aliphatic heterocycles. The molecule has 0 amide bonds. The van der Waals surface area contributed by atoms with E-state index in [2.05, 4.69) is 198 Å². The third-order valence-electron chi connectivity index (χ3n) is 13.4. The Balaban J connectivity index is 0.000000191. The predicted molar refractivity (Wildman–Crippen MR) is 405 cm³/mol. The number of rotatable bonds is 8. The summed E-state index contributed by atoms with van der Waals surface area (Å²) in [5.41, 5.74) is 22.1. The van der Waals surface area contributed by atoms with Crippen molar-refractivity contribution < 1.29 is 35.6 Å².